The Labute approximate surface area is 238 Å². The highest BCUT2D eigenvalue weighted by atomic mass is 32.1. The zero-order chi connectivity index (χ0) is 28.1. The second kappa shape index (κ2) is 12.7. The summed E-state index contributed by atoms with van der Waals surface area (Å²) in [7, 11) is 1.73. The first kappa shape index (κ1) is 27.9. The Morgan fingerprint density at radius 2 is 1.88 bits per heavy atom. The SMILES string of the molecule is Cc1csc(CN(C)C(=O)c2cc(C(=O)C[C@@H](Cc3ccccc3)[C@H](O)C3CCCC3)cc(-c3ncco3)c2)n1. The van der Waals surface area contributed by atoms with Crippen LogP contribution in [0.1, 0.15) is 69.1 Å². The highest BCUT2D eigenvalue weighted by Gasteiger charge is 2.32. The summed E-state index contributed by atoms with van der Waals surface area (Å²) in [6, 6.07) is 15.1. The van der Waals surface area contributed by atoms with Crippen LogP contribution in [-0.2, 0) is 13.0 Å². The number of aromatic nitrogens is 2. The molecule has 1 amide bonds. The third-order valence-electron chi connectivity index (χ3n) is 7.72. The molecule has 40 heavy (non-hydrogen) atoms. The van der Waals surface area contributed by atoms with E-state index in [9.17, 15) is 14.7 Å². The summed E-state index contributed by atoms with van der Waals surface area (Å²) in [5.74, 6) is -0.00619. The second-order valence-corrected chi connectivity index (χ2v) is 11.7. The van der Waals surface area contributed by atoms with Gasteiger partial charge in [-0.1, -0.05) is 43.2 Å². The van der Waals surface area contributed by atoms with Crippen LogP contribution in [0, 0.1) is 18.8 Å². The first-order valence-corrected chi connectivity index (χ1v) is 14.7. The van der Waals surface area contributed by atoms with Gasteiger partial charge in [0.2, 0.25) is 5.89 Å². The van der Waals surface area contributed by atoms with Gasteiger partial charge in [0.05, 0.1) is 18.8 Å². The Bertz CT molecular complexity index is 1430. The standard InChI is InChI=1S/C32H35N3O4S/c1-21-20-40-29(34-21)19-35(2)32(38)27-16-24(15-26(17-27)31-33-12-13-39-31)28(36)18-25(14-22-8-4-3-5-9-22)30(37)23-10-6-7-11-23/h3-5,8-9,12-13,15-17,20,23,25,30,37H,6-7,10-11,14,18-19H2,1-2H3/t25-,30-/m1/s1. The number of aryl methyl sites for hydroxylation is 1. The topological polar surface area (TPSA) is 96.5 Å². The van der Waals surface area contributed by atoms with Gasteiger partial charge in [-0.15, -0.1) is 11.3 Å². The predicted octanol–water partition coefficient (Wildman–Crippen LogP) is 6.36. The van der Waals surface area contributed by atoms with Crippen LogP contribution < -0.4 is 0 Å². The quantitative estimate of drug-likeness (QED) is 0.216. The maximum Gasteiger partial charge on any atom is 0.254 e. The predicted molar refractivity (Wildman–Crippen MR) is 155 cm³/mol. The van der Waals surface area contributed by atoms with Gasteiger partial charge >= 0.3 is 0 Å². The van der Waals surface area contributed by atoms with E-state index < -0.39 is 6.10 Å². The number of Topliss-reactive ketones (excluding diaryl/α,β-unsaturated/α-hetero) is 1. The number of oxazole rings is 1. The lowest BCUT2D eigenvalue weighted by atomic mass is 9.81. The van der Waals surface area contributed by atoms with Crippen LogP contribution in [0.2, 0.25) is 0 Å². The van der Waals surface area contributed by atoms with Gasteiger partial charge in [0.15, 0.2) is 5.78 Å². The van der Waals surface area contributed by atoms with E-state index in [2.05, 4.69) is 9.97 Å². The lowest BCUT2D eigenvalue weighted by Crippen LogP contribution is -2.31. The number of aliphatic hydroxyl groups is 1. The number of benzene rings is 2. The first-order valence-electron chi connectivity index (χ1n) is 13.8. The fraction of sp³-hybridized carbons (Fsp3) is 0.375. The molecule has 4 aromatic rings. The molecule has 1 aliphatic carbocycles. The second-order valence-electron chi connectivity index (χ2n) is 10.8. The van der Waals surface area contributed by atoms with E-state index in [1.165, 1.54) is 23.8 Å². The first-order chi connectivity index (χ1) is 19.4. The van der Waals surface area contributed by atoms with Crippen molar-refractivity contribution in [3.05, 3.63) is 93.8 Å². The number of nitrogens with zero attached hydrogens (tertiary/aromatic N) is 3. The average Bonchev–Trinajstić information content (AvgIpc) is 3.76. The smallest absolute Gasteiger partial charge is 0.254 e. The third kappa shape index (κ3) is 6.74. The van der Waals surface area contributed by atoms with Crippen molar-refractivity contribution < 1.29 is 19.1 Å². The van der Waals surface area contributed by atoms with Crippen LogP contribution in [0.25, 0.3) is 11.5 Å². The van der Waals surface area contributed by atoms with Gasteiger partial charge in [0.1, 0.15) is 11.3 Å². The van der Waals surface area contributed by atoms with E-state index in [0.717, 1.165) is 41.9 Å². The van der Waals surface area contributed by atoms with E-state index in [-0.39, 0.29) is 29.9 Å². The molecule has 0 radical (unpaired) electrons. The largest absolute Gasteiger partial charge is 0.445 e. The van der Waals surface area contributed by atoms with Crippen molar-refractivity contribution in [3.63, 3.8) is 0 Å². The molecule has 0 saturated heterocycles. The van der Waals surface area contributed by atoms with Crippen LogP contribution in [0.5, 0.6) is 0 Å². The summed E-state index contributed by atoms with van der Waals surface area (Å²) < 4.78 is 5.52. The zero-order valence-corrected chi connectivity index (χ0v) is 23.8. The van der Waals surface area contributed by atoms with Crippen molar-refractivity contribution in [1.29, 1.82) is 0 Å². The van der Waals surface area contributed by atoms with Crippen LogP contribution in [0.4, 0.5) is 0 Å². The summed E-state index contributed by atoms with van der Waals surface area (Å²) in [6.45, 7) is 2.30. The number of rotatable bonds is 11. The number of carbonyl (C=O) groups is 2. The van der Waals surface area contributed by atoms with Crippen molar-refractivity contribution in [2.45, 2.75) is 58.1 Å². The monoisotopic (exact) mass is 557 g/mol. The number of ketones is 1. The van der Waals surface area contributed by atoms with E-state index in [1.807, 2.05) is 42.6 Å². The van der Waals surface area contributed by atoms with Crippen LogP contribution >= 0.6 is 11.3 Å². The lowest BCUT2D eigenvalue weighted by molar-refractivity contribution is 0.0456. The minimum absolute atomic E-state index is 0.112. The van der Waals surface area contributed by atoms with Gasteiger partial charge in [-0.25, -0.2) is 9.97 Å². The Morgan fingerprint density at radius 1 is 1.12 bits per heavy atom. The third-order valence-corrected chi connectivity index (χ3v) is 8.67. The molecule has 2 atom stereocenters. The zero-order valence-electron chi connectivity index (χ0n) is 23.0. The maximum atomic E-state index is 13.8. The van der Waals surface area contributed by atoms with Crippen LogP contribution in [0.15, 0.2) is 70.8 Å². The molecule has 8 heteroatoms. The average molecular weight is 558 g/mol. The molecule has 208 valence electrons. The number of thiazole rings is 1. The fourth-order valence-electron chi connectivity index (χ4n) is 5.64. The van der Waals surface area contributed by atoms with Gasteiger partial charge in [-0.2, -0.15) is 0 Å². The van der Waals surface area contributed by atoms with Crippen molar-refractivity contribution in [3.8, 4) is 11.5 Å². The van der Waals surface area contributed by atoms with Gasteiger partial charge in [0, 0.05) is 41.2 Å². The lowest BCUT2D eigenvalue weighted by Gasteiger charge is -2.27. The molecule has 2 aromatic carbocycles. The van der Waals surface area contributed by atoms with Crippen molar-refractivity contribution in [1.82, 2.24) is 14.9 Å². The van der Waals surface area contributed by atoms with Gasteiger partial charge in [-0.3, -0.25) is 9.59 Å². The molecule has 0 unspecified atom stereocenters. The summed E-state index contributed by atoms with van der Waals surface area (Å²) in [5.41, 5.74) is 3.37. The highest BCUT2D eigenvalue weighted by Crippen LogP contribution is 2.34. The van der Waals surface area contributed by atoms with E-state index >= 15 is 0 Å². The molecule has 7 nitrogen and oxygen atoms in total. The molecular formula is C32H35N3O4S. The van der Waals surface area contributed by atoms with Crippen molar-refractivity contribution >= 4 is 23.0 Å². The molecule has 1 saturated carbocycles. The normalized spacial score (nSPS) is 15.2. The van der Waals surface area contributed by atoms with E-state index in [1.54, 1.807) is 30.1 Å². The van der Waals surface area contributed by atoms with E-state index in [4.69, 9.17) is 4.42 Å². The molecule has 2 heterocycles. The van der Waals surface area contributed by atoms with Crippen LogP contribution in [0.3, 0.4) is 0 Å². The molecular weight excluding hydrogens is 522 g/mol. The summed E-state index contributed by atoms with van der Waals surface area (Å²) in [6.07, 6.45) is 7.46. The molecule has 2 aromatic heterocycles. The molecule has 1 N–H and O–H groups in total. The minimum atomic E-state index is -0.560. The fourth-order valence-corrected chi connectivity index (χ4v) is 6.47. The van der Waals surface area contributed by atoms with Crippen LogP contribution in [-0.4, -0.2) is 44.8 Å². The number of aliphatic hydroxyl groups excluding tert-OH is 1. The number of amides is 1. The van der Waals surface area contributed by atoms with Crippen molar-refractivity contribution in [2.75, 3.05) is 7.05 Å². The van der Waals surface area contributed by atoms with E-state index in [0.29, 0.717) is 35.5 Å². The maximum absolute atomic E-state index is 13.8. The molecule has 5 rings (SSSR count). The Balaban J connectivity index is 1.42. The molecule has 0 bridgehead atoms. The molecule has 0 aliphatic heterocycles. The summed E-state index contributed by atoms with van der Waals surface area (Å²) >= 11 is 1.51. The Hall–Kier alpha value is -3.62. The highest BCUT2D eigenvalue weighted by molar-refractivity contribution is 7.09. The molecule has 1 aliphatic rings. The number of carbonyl (C=O) groups excluding carboxylic acids is 2. The van der Waals surface area contributed by atoms with Crippen molar-refractivity contribution in [2.24, 2.45) is 11.8 Å². The number of hydrogen-bond acceptors (Lipinski definition) is 7. The molecule has 0 spiro atoms. The summed E-state index contributed by atoms with van der Waals surface area (Å²) in [5, 5.41) is 14.2. The summed E-state index contributed by atoms with van der Waals surface area (Å²) in [4.78, 5) is 37.6. The Kier molecular flexibility index (Phi) is 8.87. The molecule has 1 fully saturated rings. The number of hydrogen-bond donors (Lipinski definition) is 1. The Morgan fingerprint density at radius 3 is 2.55 bits per heavy atom. The van der Waals surface area contributed by atoms with Gasteiger partial charge in [0.25, 0.3) is 5.91 Å². The van der Waals surface area contributed by atoms with Gasteiger partial charge < -0.3 is 14.4 Å². The minimum Gasteiger partial charge on any atom is -0.445 e. The van der Waals surface area contributed by atoms with Gasteiger partial charge in [-0.05, 0) is 61.8 Å².